The quantitative estimate of drug-likeness (QED) is 0.789. The van der Waals surface area contributed by atoms with Crippen LogP contribution in [0.15, 0.2) is 18.3 Å². The van der Waals surface area contributed by atoms with Crippen LogP contribution in [-0.2, 0) is 0 Å². The monoisotopic (exact) mass is 274 g/mol. The fraction of sp³-hybridized carbons (Fsp3) is 0.429. The molecule has 0 saturated carbocycles. The zero-order valence-electron chi connectivity index (χ0n) is 11.4. The highest BCUT2D eigenvalue weighted by atomic mass is 16.4. The van der Waals surface area contributed by atoms with Gasteiger partial charge in [-0.3, -0.25) is 5.10 Å². The number of nitrogens with one attached hydrogen (secondary N) is 2. The second-order valence-corrected chi connectivity index (χ2v) is 5.13. The molecule has 0 radical (unpaired) electrons. The third-order valence-corrected chi connectivity index (χ3v) is 4.05. The van der Waals surface area contributed by atoms with E-state index in [0.717, 1.165) is 37.0 Å². The molecule has 0 bridgehead atoms. The number of rotatable bonds is 3. The lowest BCUT2D eigenvalue weighted by atomic mass is 10.0. The number of carbonyl (C=O) groups is 1. The summed E-state index contributed by atoms with van der Waals surface area (Å²) in [6.45, 7) is 1.94. The standard InChI is InChI=1S/C14H18N4O2/c1-15-9-4-6-18(7-5-9)12-3-2-10(14(19)20)13-11(12)8-16-17-13/h2-3,8-9,15H,4-7H2,1H3,(H,16,17)(H,19,20). The van der Waals surface area contributed by atoms with Crippen molar-refractivity contribution < 1.29 is 9.90 Å². The molecule has 1 aromatic heterocycles. The molecule has 20 heavy (non-hydrogen) atoms. The Morgan fingerprint density at radius 1 is 1.45 bits per heavy atom. The second kappa shape index (κ2) is 5.13. The number of fused-ring (bicyclic) bond motifs is 1. The first kappa shape index (κ1) is 12.9. The van der Waals surface area contributed by atoms with Crippen LogP contribution in [0.5, 0.6) is 0 Å². The molecular weight excluding hydrogens is 256 g/mol. The lowest BCUT2D eigenvalue weighted by Crippen LogP contribution is -2.41. The number of carboxylic acids is 1. The molecule has 6 heteroatoms. The molecule has 0 unspecified atom stereocenters. The molecule has 1 aliphatic heterocycles. The molecular formula is C14H18N4O2. The van der Waals surface area contributed by atoms with Crippen molar-refractivity contribution in [3.05, 3.63) is 23.9 Å². The summed E-state index contributed by atoms with van der Waals surface area (Å²) >= 11 is 0. The van der Waals surface area contributed by atoms with E-state index in [1.165, 1.54) is 0 Å². The Hall–Kier alpha value is -2.08. The molecule has 3 rings (SSSR count). The second-order valence-electron chi connectivity index (χ2n) is 5.13. The highest BCUT2D eigenvalue weighted by molar-refractivity contribution is 6.05. The molecule has 1 aliphatic rings. The summed E-state index contributed by atoms with van der Waals surface area (Å²) in [6.07, 6.45) is 3.97. The minimum atomic E-state index is -0.942. The van der Waals surface area contributed by atoms with E-state index in [9.17, 15) is 9.90 Å². The van der Waals surface area contributed by atoms with Crippen LogP contribution in [0.25, 0.3) is 10.9 Å². The van der Waals surface area contributed by atoms with Gasteiger partial charge in [-0.2, -0.15) is 5.10 Å². The van der Waals surface area contributed by atoms with E-state index in [-0.39, 0.29) is 5.56 Å². The minimum Gasteiger partial charge on any atom is -0.478 e. The molecule has 0 aliphatic carbocycles. The van der Waals surface area contributed by atoms with Crippen LogP contribution in [0.1, 0.15) is 23.2 Å². The molecule has 2 aromatic rings. The highest BCUT2D eigenvalue weighted by Crippen LogP contribution is 2.30. The maximum absolute atomic E-state index is 11.2. The molecule has 2 heterocycles. The van der Waals surface area contributed by atoms with E-state index < -0.39 is 5.97 Å². The van der Waals surface area contributed by atoms with Crippen LogP contribution >= 0.6 is 0 Å². The highest BCUT2D eigenvalue weighted by Gasteiger charge is 2.21. The lowest BCUT2D eigenvalue weighted by Gasteiger charge is -2.33. The predicted octanol–water partition coefficient (Wildman–Crippen LogP) is 1.45. The Morgan fingerprint density at radius 3 is 2.85 bits per heavy atom. The van der Waals surface area contributed by atoms with E-state index >= 15 is 0 Å². The van der Waals surface area contributed by atoms with E-state index in [0.29, 0.717) is 11.6 Å². The molecule has 0 atom stereocenters. The van der Waals surface area contributed by atoms with Crippen molar-refractivity contribution in [1.29, 1.82) is 0 Å². The topological polar surface area (TPSA) is 81.2 Å². The lowest BCUT2D eigenvalue weighted by molar-refractivity contribution is 0.0699. The fourth-order valence-corrected chi connectivity index (χ4v) is 2.88. The number of hydrogen-bond donors (Lipinski definition) is 3. The van der Waals surface area contributed by atoms with Gasteiger partial charge in [-0.15, -0.1) is 0 Å². The van der Waals surface area contributed by atoms with Crippen LogP contribution in [0.3, 0.4) is 0 Å². The first-order valence-corrected chi connectivity index (χ1v) is 6.82. The van der Waals surface area contributed by atoms with Crippen molar-refractivity contribution in [1.82, 2.24) is 15.5 Å². The number of benzene rings is 1. The van der Waals surface area contributed by atoms with Gasteiger partial charge < -0.3 is 15.3 Å². The van der Waals surface area contributed by atoms with Crippen LogP contribution in [0.2, 0.25) is 0 Å². The van der Waals surface area contributed by atoms with Crippen molar-refractivity contribution in [3.8, 4) is 0 Å². The van der Waals surface area contributed by atoms with Crippen LogP contribution in [0.4, 0.5) is 5.69 Å². The Kier molecular flexibility index (Phi) is 3.31. The number of piperidine rings is 1. The third kappa shape index (κ3) is 2.12. The first-order valence-electron chi connectivity index (χ1n) is 6.82. The molecule has 1 aromatic carbocycles. The average Bonchev–Trinajstić information content (AvgIpc) is 2.95. The molecule has 1 fully saturated rings. The summed E-state index contributed by atoms with van der Waals surface area (Å²) in [5.41, 5.74) is 1.84. The van der Waals surface area contributed by atoms with Gasteiger partial charge in [0.25, 0.3) is 0 Å². The molecule has 106 valence electrons. The summed E-state index contributed by atoms with van der Waals surface area (Å²) in [5.74, 6) is -0.942. The van der Waals surface area contributed by atoms with E-state index in [1.54, 1.807) is 12.3 Å². The zero-order chi connectivity index (χ0) is 14.1. The van der Waals surface area contributed by atoms with Crippen LogP contribution in [-0.4, -0.2) is 47.5 Å². The largest absolute Gasteiger partial charge is 0.478 e. The number of hydrogen-bond acceptors (Lipinski definition) is 4. The summed E-state index contributed by atoms with van der Waals surface area (Å²) in [7, 11) is 2.00. The van der Waals surface area contributed by atoms with Gasteiger partial charge in [0.2, 0.25) is 0 Å². The van der Waals surface area contributed by atoms with Gasteiger partial charge in [0.1, 0.15) is 5.52 Å². The van der Waals surface area contributed by atoms with Gasteiger partial charge in [0.15, 0.2) is 0 Å². The summed E-state index contributed by atoms with van der Waals surface area (Å²) < 4.78 is 0. The summed E-state index contributed by atoms with van der Waals surface area (Å²) in [4.78, 5) is 13.5. The SMILES string of the molecule is CNC1CCN(c2ccc(C(=O)O)c3n[nH]cc23)CC1. The average molecular weight is 274 g/mol. The Bertz CT molecular complexity index is 629. The van der Waals surface area contributed by atoms with Gasteiger partial charge in [0.05, 0.1) is 5.56 Å². The van der Waals surface area contributed by atoms with Crippen molar-refractivity contribution in [3.63, 3.8) is 0 Å². The number of anilines is 1. The predicted molar refractivity (Wildman–Crippen MR) is 77.3 cm³/mol. The van der Waals surface area contributed by atoms with Crippen molar-refractivity contribution in [2.24, 2.45) is 0 Å². The number of nitrogens with zero attached hydrogens (tertiary/aromatic N) is 2. The van der Waals surface area contributed by atoms with Crippen molar-refractivity contribution >= 4 is 22.6 Å². The Balaban J connectivity index is 1.95. The number of H-pyrrole nitrogens is 1. The van der Waals surface area contributed by atoms with Gasteiger partial charge in [0, 0.05) is 36.4 Å². The third-order valence-electron chi connectivity index (χ3n) is 4.05. The molecule has 1 saturated heterocycles. The first-order chi connectivity index (χ1) is 9.70. The van der Waals surface area contributed by atoms with Crippen LogP contribution in [0, 0.1) is 0 Å². The van der Waals surface area contributed by atoms with Crippen LogP contribution < -0.4 is 10.2 Å². The maximum atomic E-state index is 11.2. The Morgan fingerprint density at radius 2 is 2.20 bits per heavy atom. The zero-order valence-corrected chi connectivity index (χ0v) is 11.4. The fourth-order valence-electron chi connectivity index (χ4n) is 2.88. The van der Waals surface area contributed by atoms with Gasteiger partial charge >= 0.3 is 5.97 Å². The number of aromatic nitrogens is 2. The van der Waals surface area contributed by atoms with E-state index in [2.05, 4.69) is 20.4 Å². The summed E-state index contributed by atoms with van der Waals surface area (Å²) in [5, 5.41) is 20.2. The molecule has 0 spiro atoms. The van der Waals surface area contributed by atoms with E-state index in [1.807, 2.05) is 13.1 Å². The van der Waals surface area contributed by atoms with Gasteiger partial charge in [-0.25, -0.2) is 4.79 Å². The van der Waals surface area contributed by atoms with Crippen molar-refractivity contribution in [2.45, 2.75) is 18.9 Å². The molecule has 6 nitrogen and oxygen atoms in total. The molecule has 3 N–H and O–H groups in total. The smallest absolute Gasteiger partial charge is 0.337 e. The van der Waals surface area contributed by atoms with Crippen molar-refractivity contribution in [2.75, 3.05) is 25.0 Å². The Labute approximate surface area is 116 Å². The normalized spacial score (nSPS) is 16.8. The number of carboxylic acid groups (broad SMARTS) is 1. The minimum absolute atomic E-state index is 0.245. The number of aromatic amines is 1. The maximum Gasteiger partial charge on any atom is 0.337 e. The summed E-state index contributed by atoms with van der Waals surface area (Å²) in [6, 6.07) is 4.11. The van der Waals surface area contributed by atoms with Gasteiger partial charge in [-0.1, -0.05) is 0 Å². The number of aromatic carboxylic acids is 1. The van der Waals surface area contributed by atoms with Gasteiger partial charge in [-0.05, 0) is 32.0 Å². The van der Waals surface area contributed by atoms with E-state index in [4.69, 9.17) is 0 Å². The molecule has 0 amide bonds.